The summed E-state index contributed by atoms with van der Waals surface area (Å²) in [4.78, 5) is 34.3. The Bertz CT molecular complexity index is 27.2. The van der Waals surface area contributed by atoms with E-state index in [9.17, 15) is 0 Å². The van der Waals surface area contributed by atoms with E-state index in [4.69, 9.17) is 19.2 Å². The quantitative estimate of drug-likeness (QED) is 0.416. The Kier molecular flexibility index (Phi) is 14.3. The van der Waals surface area contributed by atoms with Crippen molar-refractivity contribution in [3.8, 4) is 0 Å². The summed E-state index contributed by atoms with van der Waals surface area (Å²) >= 11 is 0. The van der Waals surface area contributed by atoms with E-state index in [2.05, 4.69) is 0 Å². The molecule has 0 saturated heterocycles. The third-order valence-electron chi connectivity index (χ3n) is 0. The molecular weight excluding hydrogens is 292 g/mol. The largest absolute Gasteiger partial charge is 3.00 e. The molecule has 0 saturated carbocycles. The molecule has 0 fully saturated rings. The molecule has 7 heteroatoms. The first-order valence-corrected chi connectivity index (χ1v) is 2.45. The minimum Gasteiger partial charge on any atom is -0.894 e. The van der Waals surface area contributed by atoms with Crippen LogP contribution in [-0.4, -0.2) is 26.4 Å². The third-order valence-corrected chi connectivity index (χ3v) is 0. The number of hydrogen-bond acceptors (Lipinski definition) is 4. The normalized spacial score (nSPS) is 8.57. The molecule has 0 rings (SSSR count). The SMILES string of the molecule is [Al+3].[O-][Si]([O-])([O-])[O-].[Yb+3]. The number of hydrogen-bond donors (Lipinski definition) is 0. The van der Waals surface area contributed by atoms with Crippen molar-refractivity contribution >= 4 is 26.4 Å². The third kappa shape index (κ3) is 68.0. The van der Waals surface area contributed by atoms with Gasteiger partial charge >= 0.3 is 64.3 Å². The summed E-state index contributed by atoms with van der Waals surface area (Å²) in [7, 11) is -5.61. The summed E-state index contributed by atoms with van der Waals surface area (Å²) in [5, 5.41) is 0. The van der Waals surface area contributed by atoms with Crippen LogP contribution in [0.3, 0.4) is 0 Å². The molecule has 0 aromatic rings. The smallest absolute Gasteiger partial charge is 0.894 e. The van der Waals surface area contributed by atoms with Crippen LogP contribution < -0.4 is 19.2 Å². The summed E-state index contributed by atoms with van der Waals surface area (Å²) in [6, 6.07) is 0. The maximum Gasteiger partial charge on any atom is 3.00 e. The van der Waals surface area contributed by atoms with Crippen molar-refractivity contribution in [2.75, 3.05) is 0 Å². The zero-order valence-corrected chi connectivity index (χ0v) is 6.85. The van der Waals surface area contributed by atoms with E-state index < -0.39 is 9.05 Å². The van der Waals surface area contributed by atoms with Gasteiger partial charge in [-0.3, -0.25) is 0 Å². The van der Waals surface area contributed by atoms with Crippen molar-refractivity contribution in [3.05, 3.63) is 0 Å². The Labute approximate surface area is 91.0 Å². The van der Waals surface area contributed by atoms with Gasteiger partial charge in [0.2, 0.25) is 0 Å². The van der Waals surface area contributed by atoms with Gasteiger partial charge in [-0.15, -0.1) is 0 Å². The standard InChI is InChI=1S/Al.O4Si.Yb/c;1-5(2,3)4;/q+3;-4;+3. The maximum absolute atomic E-state index is 8.58. The van der Waals surface area contributed by atoms with Crippen LogP contribution in [0.25, 0.3) is 0 Å². The molecule has 0 aliphatic rings. The minimum absolute atomic E-state index is 0. The van der Waals surface area contributed by atoms with E-state index in [0.717, 1.165) is 0 Å². The second-order valence-corrected chi connectivity index (χ2v) is 1.50. The fourth-order valence-corrected chi connectivity index (χ4v) is 0. The van der Waals surface area contributed by atoms with Crippen LogP contribution in [-0.2, 0) is 0 Å². The second kappa shape index (κ2) is 6.23. The minimum atomic E-state index is -5.61. The van der Waals surface area contributed by atoms with Crippen molar-refractivity contribution in [2.24, 2.45) is 0 Å². The van der Waals surface area contributed by atoms with Gasteiger partial charge in [0.05, 0.1) is 0 Å². The van der Waals surface area contributed by atoms with Crippen molar-refractivity contribution in [2.45, 2.75) is 0 Å². The molecule has 0 aliphatic carbocycles. The molecule has 7 heavy (non-hydrogen) atoms. The molecule has 0 heterocycles. The Morgan fingerprint density at radius 1 is 0.857 bits per heavy atom. The van der Waals surface area contributed by atoms with Crippen LogP contribution in [0.15, 0.2) is 0 Å². The molecule has 0 unspecified atom stereocenters. The van der Waals surface area contributed by atoms with Gasteiger partial charge in [0.25, 0.3) is 0 Å². The zero-order chi connectivity index (χ0) is 4.50. The molecule has 0 spiro atoms. The van der Waals surface area contributed by atoms with E-state index in [0.29, 0.717) is 0 Å². The van der Waals surface area contributed by atoms with Crippen LogP contribution in [0, 0.1) is 46.9 Å². The van der Waals surface area contributed by atoms with Gasteiger partial charge in [0.1, 0.15) is 0 Å². The van der Waals surface area contributed by atoms with E-state index in [-0.39, 0.29) is 64.3 Å². The Morgan fingerprint density at radius 3 is 0.857 bits per heavy atom. The average Bonchev–Trinajstić information content (AvgIpc) is 0.722. The number of rotatable bonds is 0. The molecule has 0 amide bonds. The topological polar surface area (TPSA) is 92.2 Å². The van der Waals surface area contributed by atoms with Gasteiger partial charge in [0.15, 0.2) is 0 Å². The van der Waals surface area contributed by atoms with Crippen LogP contribution in [0.2, 0.25) is 0 Å². The van der Waals surface area contributed by atoms with Gasteiger partial charge in [0, 0.05) is 0 Å². The van der Waals surface area contributed by atoms with E-state index in [1.54, 1.807) is 0 Å². The van der Waals surface area contributed by atoms with Gasteiger partial charge in [-0.1, -0.05) is 0 Å². The van der Waals surface area contributed by atoms with Gasteiger partial charge in [-0.25, -0.2) is 0 Å². The van der Waals surface area contributed by atoms with E-state index in [1.165, 1.54) is 0 Å². The Morgan fingerprint density at radius 2 is 0.857 bits per heavy atom. The van der Waals surface area contributed by atoms with Crippen LogP contribution >= 0.6 is 0 Å². The second-order valence-electron chi connectivity index (χ2n) is 0.500. The molecule has 0 N–H and O–H groups in total. The van der Waals surface area contributed by atoms with E-state index >= 15 is 0 Å². The first kappa shape index (κ1) is 16.0. The van der Waals surface area contributed by atoms with Crippen LogP contribution in [0.4, 0.5) is 0 Å². The average molecular weight is 292 g/mol. The molecule has 0 aromatic heterocycles. The predicted molar refractivity (Wildman–Crippen MR) is 11.5 cm³/mol. The van der Waals surface area contributed by atoms with E-state index in [1.807, 2.05) is 0 Å². The first-order valence-electron chi connectivity index (χ1n) is 0.816. The van der Waals surface area contributed by atoms with Gasteiger partial charge < -0.3 is 28.2 Å². The van der Waals surface area contributed by atoms with Crippen molar-refractivity contribution < 1.29 is 66.1 Å². The van der Waals surface area contributed by atoms with Crippen LogP contribution in [0.5, 0.6) is 0 Å². The summed E-state index contributed by atoms with van der Waals surface area (Å²) in [6.45, 7) is 0. The summed E-state index contributed by atoms with van der Waals surface area (Å²) in [6.07, 6.45) is 0. The van der Waals surface area contributed by atoms with Gasteiger partial charge in [-0.2, -0.15) is 0 Å². The monoisotopic (exact) mass is 293 g/mol. The van der Waals surface area contributed by atoms with Crippen molar-refractivity contribution in [1.29, 1.82) is 0 Å². The first-order chi connectivity index (χ1) is 2.00. The molecule has 4 nitrogen and oxygen atoms in total. The summed E-state index contributed by atoms with van der Waals surface area (Å²) in [5.74, 6) is 0. The predicted octanol–water partition coefficient (Wildman–Crippen LogP) is -5.52. The molecule has 1 radical (unpaired) electrons. The molecule has 43 valence electrons. The van der Waals surface area contributed by atoms with Crippen molar-refractivity contribution in [3.63, 3.8) is 0 Å². The Balaban J connectivity index is -0.0000000800. The summed E-state index contributed by atoms with van der Waals surface area (Å²) in [5.41, 5.74) is 0. The fourth-order valence-electron chi connectivity index (χ4n) is 0. The van der Waals surface area contributed by atoms with Gasteiger partial charge in [-0.05, 0) is 0 Å². The maximum atomic E-state index is 8.58. The molecular formula is AlO4SiYb+2. The van der Waals surface area contributed by atoms with Crippen LogP contribution in [0.1, 0.15) is 0 Å². The van der Waals surface area contributed by atoms with Crippen molar-refractivity contribution in [1.82, 2.24) is 0 Å². The molecule has 0 aliphatic heterocycles. The Hall–Kier alpha value is 2.11. The molecule has 0 bridgehead atoms. The summed E-state index contributed by atoms with van der Waals surface area (Å²) < 4.78 is 0. The molecule has 0 atom stereocenters. The zero-order valence-electron chi connectivity index (χ0n) is 2.98. The molecule has 0 aromatic carbocycles. The fraction of sp³-hybridized carbons (Fsp3) is 0.